The van der Waals surface area contributed by atoms with E-state index in [1.807, 2.05) is 10.8 Å². The average molecular weight is 196 g/mol. The van der Waals surface area contributed by atoms with Crippen LogP contribution in [0.5, 0.6) is 0 Å². The van der Waals surface area contributed by atoms with Crippen LogP contribution in [-0.4, -0.2) is 14.7 Å². The molecule has 3 nitrogen and oxygen atoms in total. The van der Waals surface area contributed by atoms with Crippen LogP contribution in [0, 0.1) is 5.92 Å². The fourth-order valence-corrected chi connectivity index (χ4v) is 1.60. The minimum absolute atomic E-state index is 0.420. The largest absolute Gasteiger partial charge is 0.385 e. The first kappa shape index (κ1) is 11.2. The highest BCUT2D eigenvalue weighted by Crippen LogP contribution is 2.19. The van der Waals surface area contributed by atoms with Gasteiger partial charge < -0.3 is 9.67 Å². The van der Waals surface area contributed by atoms with E-state index < -0.39 is 6.10 Å². The van der Waals surface area contributed by atoms with Gasteiger partial charge in [0.1, 0.15) is 11.9 Å². The Morgan fingerprint density at radius 2 is 2.21 bits per heavy atom. The van der Waals surface area contributed by atoms with E-state index >= 15 is 0 Å². The van der Waals surface area contributed by atoms with Crippen molar-refractivity contribution < 1.29 is 5.11 Å². The highest BCUT2D eigenvalue weighted by Gasteiger charge is 2.14. The van der Waals surface area contributed by atoms with Crippen molar-refractivity contribution in [2.75, 3.05) is 0 Å². The zero-order valence-electron chi connectivity index (χ0n) is 9.27. The summed E-state index contributed by atoms with van der Waals surface area (Å²) < 4.78 is 2.03. The third-order valence-electron chi connectivity index (χ3n) is 2.20. The lowest BCUT2D eigenvalue weighted by molar-refractivity contribution is 0.137. The molecule has 80 valence electrons. The lowest BCUT2D eigenvalue weighted by atomic mass is 10.1. The molecule has 1 aromatic heterocycles. The summed E-state index contributed by atoms with van der Waals surface area (Å²) in [5, 5.41) is 9.90. The summed E-state index contributed by atoms with van der Waals surface area (Å²) in [6.07, 6.45) is 5.12. The van der Waals surface area contributed by atoms with Crippen molar-refractivity contribution in [1.82, 2.24) is 9.55 Å². The van der Waals surface area contributed by atoms with Gasteiger partial charge in [0.25, 0.3) is 0 Å². The SMILES string of the molecule is CCCn1ccnc1C(O)CC(C)C. The van der Waals surface area contributed by atoms with Crippen molar-refractivity contribution in [3.63, 3.8) is 0 Å². The molecule has 1 heterocycles. The Morgan fingerprint density at radius 1 is 1.50 bits per heavy atom. The number of aryl methyl sites for hydroxylation is 1. The zero-order valence-corrected chi connectivity index (χ0v) is 9.27. The van der Waals surface area contributed by atoms with Gasteiger partial charge >= 0.3 is 0 Å². The number of aliphatic hydroxyl groups excluding tert-OH is 1. The third-order valence-corrected chi connectivity index (χ3v) is 2.20. The predicted octanol–water partition coefficient (Wildman–Crippen LogP) is 2.37. The van der Waals surface area contributed by atoms with Crippen LogP contribution in [0.2, 0.25) is 0 Å². The number of hydrogen-bond donors (Lipinski definition) is 1. The molecule has 0 radical (unpaired) electrons. The predicted molar refractivity (Wildman–Crippen MR) is 56.9 cm³/mol. The molecule has 1 atom stereocenters. The van der Waals surface area contributed by atoms with Crippen molar-refractivity contribution in [2.24, 2.45) is 5.92 Å². The fourth-order valence-electron chi connectivity index (χ4n) is 1.60. The number of hydrogen-bond acceptors (Lipinski definition) is 2. The molecular weight excluding hydrogens is 176 g/mol. The van der Waals surface area contributed by atoms with E-state index in [9.17, 15) is 5.11 Å². The fraction of sp³-hybridized carbons (Fsp3) is 0.727. The van der Waals surface area contributed by atoms with Gasteiger partial charge in [-0.05, 0) is 18.8 Å². The molecule has 0 aliphatic carbocycles. The van der Waals surface area contributed by atoms with Gasteiger partial charge in [-0.3, -0.25) is 0 Å². The van der Waals surface area contributed by atoms with E-state index in [0.717, 1.165) is 25.2 Å². The highest BCUT2D eigenvalue weighted by atomic mass is 16.3. The van der Waals surface area contributed by atoms with Crippen molar-refractivity contribution in [2.45, 2.75) is 46.3 Å². The number of imidazole rings is 1. The third kappa shape index (κ3) is 2.84. The molecule has 0 saturated carbocycles. The van der Waals surface area contributed by atoms with Crippen LogP contribution in [0.3, 0.4) is 0 Å². The first-order valence-corrected chi connectivity index (χ1v) is 5.34. The van der Waals surface area contributed by atoms with E-state index in [4.69, 9.17) is 0 Å². The zero-order chi connectivity index (χ0) is 10.6. The summed E-state index contributed by atoms with van der Waals surface area (Å²) in [7, 11) is 0. The minimum Gasteiger partial charge on any atom is -0.385 e. The molecule has 0 bridgehead atoms. The van der Waals surface area contributed by atoms with Crippen molar-refractivity contribution in [3.8, 4) is 0 Å². The van der Waals surface area contributed by atoms with Gasteiger partial charge in [-0.15, -0.1) is 0 Å². The quantitative estimate of drug-likeness (QED) is 0.785. The molecule has 0 amide bonds. The standard InChI is InChI=1S/C11H20N2O/c1-4-6-13-7-5-12-11(13)10(14)8-9(2)3/h5,7,9-10,14H,4,6,8H2,1-3H3. The number of rotatable bonds is 5. The molecule has 1 unspecified atom stereocenters. The normalized spacial score (nSPS) is 13.5. The molecule has 0 aromatic carbocycles. The molecule has 0 fully saturated rings. The summed E-state index contributed by atoms with van der Waals surface area (Å²) in [5.74, 6) is 1.30. The average Bonchev–Trinajstić information content (AvgIpc) is 2.51. The number of aromatic nitrogens is 2. The second-order valence-corrected chi connectivity index (χ2v) is 4.12. The first-order valence-electron chi connectivity index (χ1n) is 5.34. The van der Waals surface area contributed by atoms with Crippen LogP contribution in [0.15, 0.2) is 12.4 Å². The van der Waals surface area contributed by atoms with Gasteiger partial charge in [-0.1, -0.05) is 20.8 Å². The van der Waals surface area contributed by atoms with E-state index in [0.29, 0.717) is 5.92 Å². The summed E-state index contributed by atoms with van der Waals surface area (Å²) in [6.45, 7) is 7.27. The maximum atomic E-state index is 9.90. The maximum absolute atomic E-state index is 9.90. The molecule has 3 heteroatoms. The van der Waals surface area contributed by atoms with E-state index in [1.165, 1.54) is 0 Å². The second kappa shape index (κ2) is 5.15. The van der Waals surface area contributed by atoms with E-state index in [1.54, 1.807) is 6.20 Å². The summed E-state index contributed by atoms with van der Waals surface area (Å²) in [5.41, 5.74) is 0. The van der Waals surface area contributed by atoms with Crippen LogP contribution < -0.4 is 0 Å². The van der Waals surface area contributed by atoms with Crippen molar-refractivity contribution >= 4 is 0 Å². The van der Waals surface area contributed by atoms with Crippen LogP contribution in [0.1, 0.15) is 45.5 Å². The summed E-state index contributed by atoms with van der Waals surface area (Å²) in [6, 6.07) is 0. The Balaban J connectivity index is 2.68. The maximum Gasteiger partial charge on any atom is 0.137 e. The Kier molecular flexibility index (Phi) is 4.14. The topological polar surface area (TPSA) is 38.0 Å². The molecular formula is C11H20N2O. The Labute approximate surface area is 85.8 Å². The lowest BCUT2D eigenvalue weighted by Gasteiger charge is -2.14. The van der Waals surface area contributed by atoms with E-state index in [-0.39, 0.29) is 0 Å². The van der Waals surface area contributed by atoms with Gasteiger partial charge in [-0.25, -0.2) is 4.98 Å². The molecule has 0 aliphatic heterocycles. The molecule has 1 rings (SSSR count). The molecule has 1 N–H and O–H groups in total. The van der Waals surface area contributed by atoms with Gasteiger partial charge in [-0.2, -0.15) is 0 Å². The second-order valence-electron chi connectivity index (χ2n) is 4.12. The Bertz CT molecular complexity index is 268. The van der Waals surface area contributed by atoms with Crippen molar-refractivity contribution in [1.29, 1.82) is 0 Å². The van der Waals surface area contributed by atoms with Crippen LogP contribution in [0.25, 0.3) is 0 Å². The van der Waals surface area contributed by atoms with E-state index in [2.05, 4.69) is 25.8 Å². The van der Waals surface area contributed by atoms with Gasteiger partial charge in [0.05, 0.1) is 0 Å². The molecule has 0 aliphatic rings. The number of aliphatic hydroxyl groups is 1. The van der Waals surface area contributed by atoms with Crippen LogP contribution >= 0.6 is 0 Å². The van der Waals surface area contributed by atoms with Crippen LogP contribution in [-0.2, 0) is 6.54 Å². The van der Waals surface area contributed by atoms with Gasteiger partial charge in [0, 0.05) is 18.9 Å². The molecule has 1 aromatic rings. The van der Waals surface area contributed by atoms with Crippen LogP contribution in [0.4, 0.5) is 0 Å². The smallest absolute Gasteiger partial charge is 0.137 e. The minimum atomic E-state index is -0.420. The summed E-state index contributed by atoms with van der Waals surface area (Å²) in [4.78, 5) is 4.20. The van der Waals surface area contributed by atoms with Gasteiger partial charge in [0.2, 0.25) is 0 Å². The Hall–Kier alpha value is -0.830. The molecule has 14 heavy (non-hydrogen) atoms. The monoisotopic (exact) mass is 196 g/mol. The first-order chi connectivity index (χ1) is 6.65. The van der Waals surface area contributed by atoms with Crippen molar-refractivity contribution in [3.05, 3.63) is 18.2 Å². The Morgan fingerprint density at radius 3 is 2.79 bits per heavy atom. The highest BCUT2D eigenvalue weighted by molar-refractivity contribution is 4.96. The van der Waals surface area contributed by atoms with Gasteiger partial charge in [0.15, 0.2) is 0 Å². The number of nitrogens with zero attached hydrogens (tertiary/aromatic N) is 2. The summed E-state index contributed by atoms with van der Waals surface area (Å²) >= 11 is 0. The lowest BCUT2D eigenvalue weighted by Crippen LogP contribution is -2.10. The molecule has 0 spiro atoms. The molecule has 0 saturated heterocycles.